The van der Waals surface area contributed by atoms with Gasteiger partial charge in [-0.15, -0.1) is 11.3 Å². The van der Waals surface area contributed by atoms with Crippen molar-refractivity contribution in [3.8, 4) is 0 Å². The maximum Gasteiger partial charge on any atom is 0.0514 e. The fourth-order valence-corrected chi connectivity index (χ4v) is 5.66. The summed E-state index contributed by atoms with van der Waals surface area (Å²) in [7, 11) is 0. The van der Waals surface area contributed by atoms with Crippen LogP contribution in [0, 0.1) is 0 Å². The highest BCUT2D eigenvalue weighted by atomic mass is 32.1. The maximum atomic E-state index is 5.93. The Hall–Kier alpha value is -0.380. The fourth-order valence-electron chi connectivity index (χ4n) is 4.74. The predicted octanol–water partition coefficient (Wildman–Crippen LogP) is 10.7. The Labute approximate surface area is 224 Å². The van der Waals surface area contributed by atoms with Gasteiger partial charge in [-0.25, -0.2) is 0 Å². The second kappa shape index (κ2) is 26.7. The molecule has 0 radical (unpaired) electrons. The Kier molecular flexibility index (Phi) is 24.9. The summed E-state index contributed by atoms with van der Waals surface area (Å²) in [6.45, 7) is 8.16. The monoisotopic (exact) mass is 508 g/mol. The minimum atomic E-state index is 0.862. The molecule has 1 heterocycles. The molecule has 35 heavy (non-hydrogen) atoms. The smallest absolute Gasteiger partial charge is 0.0514 e. The van der Waals surface area contributed by atoms with E-state index in [2.05, 4.69) is 25.3 Å². The van der Waals surface area contributed by atoms with E-state index in [1.54, 1.807) is 0 Å². The summed E-state index contributed by atoms with van der Waals surface area (Å²) in [4.78, 5) is 1.50. The van der Waals surface area contributed by atoms with Crippen molar-refractivity contribution in [2.45, 2.75) is 155 Å². The molecule has 0 atom stereocenters. The van der Waals surface area contributed by atoms with Crippen LogP contribution in [0.15, 0.2) is 11.4 Å². The van der Waals surface area contributed by atoms with E-state index in [1.807, 2.05) is 11.3 Å². The Morgan fingerprint density at radius 3 is 1.34 bits per heavy atom. The minimum Gasteiger partial charge on any atom is -0.381 e. The molecule has 1 aromatic rings. The summed E-state index contributed by atoms with van der Waals surface area (Å²) in [5, 5.41) is 2.23. The quantitative estimate of drug-likeness (QED) is 0.105. The molecule has 0 aliphatic carbocycles. The van der Waals surface area contributed by atoms with E-state index in [9.17, 15) is 0 Å². The van der Waals surface area contributed by atoms with Crippen LogP contribution in [0.2, 0.25) is 0 Å². The summed E-state index contributed by atoms with van der Waals surface area (Å²) in [5.74, 6) is 0. The molecular weight excluding hydrogens is 448 g/mol. The average molecular weight is 509 g/mol. The van der Waals surface area contributed by atoms with Crippen LogP contribution in [0.25, 0.3) is 0 Å². The second-order valence-corrected chi connectivity index (χ2v) is 11.5. The lowest BCUT2D eigenvalue weighted by Crippen LogP contribution is -2.04. The first-order valence-corrected chi connectivity index (χ1v) is 16.5. The fraction of sp³-hybridized carbons (Fsp3) is 0.875. The molecule has 1 aromatic heterocycles. The van der Waals surface area contributed by atoms with Crippen molar-refractivity contribution >= 4 is 11.3 Å². The van der Waals surface area contributed by atoms with Gasteiger partial charge in [0.2, 0.25) is 0 Å². The average Bonchev–Trinajstić information content (AvgIpc) is 3.32. The van der Waals surface area contributed by atoms with Crippen molar-refractivity contribution in [1.82, 2.24) is 0 Å². The molecule has 2 nitrogen and oxygen atoms in total. The third-order valence-electron chi connectivity index (χ3n) is 7.11. The van der Waals surface area contributed by atoms with Gasteiger partial charge >= 0.3 is 0 Å². The molecule has 0 aliphatic heterocycles. The van der Waals surface area contributed by atoms with Gasteiger partial charge in [0, 0.05) is 24.5 Å². The molecule has 3 heteroatoms. The summed E-state index contributed by atoms with van der Waals surface area (Å²) >= 11 is 1.88. The number of unbranched alkanes of at least 4 members (excludes halogenated alkanes) is 18. The van der Waals surface area contributed by atoms with Crippen LogP contribution in [0.5, 0.6) is 0 Å². The zero-order valence-electron chi connectivity index (χ0n) is 23.8. The Balaban J connectivity index is 1.87. The molecule has 0 aromatic carbocycles. The molecule has 0 saturated carbocycles. The Morgan fingerprint density at radius 1 is 0.486 bits per heavy atom. The van der Waals surface area contributed by atoms with Crippen molar-refractivity contribution in [3.63, 3.8) is 0 Å². The number of hydrogen-bond acceptors (Lipinski definition) is 3. The number of thiophene rings is 1. The van der Waals surface area contributed by atoms with Crippen LogP contribution >= 0.6 is 11.3 Å². The lowest BCUT2D eigenvalue weighted by molar-refractivity contribution is 0.130. The van der Waals surface area contributed by atoms with E-state index in [0.717, 1.165) is 39.3 Å². The SMILES string of the molecule is CCCCCCCCCCCCOCCc1ccsc1CCOCCCCCCCCCCCC. The number of ether oxygens (including phenoxy) is 2. The van der Waals surface area contributed by atoms with E-state index in [0.29, 0.717) is 0 Å². The van der Waals surface area contributed by atoms with Crippen LogP contribution in [0.3, 0.4) is 0 Å². The molecule has 1 rings (SSSR count). The molecule has 0 aliphatic rings. The molecular formula is C32H60O2S. The van der Waals surface area contributed by atoms with Gasteiger partial charge in [-0.1, -0.05) is 129 Å². The lowest BCUT2D eigenvalue weighted by atomic mass is 10.1. The van der Waals surface area contributed by atoms with Crippen LogP contribution in [0.4, 0.5) is 0 Å². The topological polar surface area (TPSA) is 18.5 Å². The Bertz CT molecular complexity index is 483. The van der Waals surface area contributed by atoms with Gasteiger partial charge in [0.25, 0.3) is 0 Å². The van der Waals surface area contributed by atoms with Crippen LogP contribution in [-0.4, -0.2) is 26.4 Å². The van der Waals surface area contributed by atoms with Gasteiger partial charge < -0.3 is 9.47 Å². The first-order valence-electron chi connectivity index (χ1n) is 15.6. The molecule has 0 fully saturated rings. The number of rotatable bonds is 28. The number of hydrogen-bond donors (Lipinski definition) is 0. The molecule has 0 amide bonds. The van der Waals surface area contributed by atoms with E-state index >= 15 is 0 Å². The van der Waals surface area contributed by atoms with Crippen LogP contribution < -0.4 is 0 Å². The highest BCUT2D eigenvalue weighted by Gasteiger charge is 2.05. The summed E-state index contributed by atoms with van der Waals surface area (Å²) < 4.78 is 11.9. The van der Waals surface area contributed by atoms with E-state index in [4.69, 9.17) is 9.47 Å². The van der Waals surface area contributed by atoms with Crippen LogP contribution in [-0.2, 0) is 22.3 Å². The molecule has 0 saturated heterocycles. The predicted molar refractivity (Wildman–Crippen MR) is 157 cm³/mol. The lowest BCUT2D eigenvalue weighted by Gasteiger charge is -2.07. The zero-order chi connectivity index (χ0) is 25.1. The third-order valence-corrected chi connectivity index (χ3v) is 8.13. The molecule has 0 bridgehead atoms. The third kappa shape index (κ3) is 21.4. The Morgan fingerprint density at radius 2 is 0.886 bits per heavy atom. The van der Waals surface area contributed by atoms with Gasteiger partial charge in [-0.05, 0) is 36.3 Å². The van der Waals surface area contributed by atoms with Gasteiger partial charge in [0.1, 0.15) is 0 Å². The second-order valence-electron chi connectivity index (χ2n) is 10.5. The van der Waals surface area contributed by atoms with Crippen molar-refractivity contribution in [2.24, 2.45) is 0 Å². The van der Waals surface area contributed by atoms with Crippen molar-refractivity contribution in [3.05, 3.63) is 21.9 Å². The minimum absolute atomic E-state index is 0.862. The zero-order valence-corrected chi connectivity index (χ0v) is 24.6. The first kappa shape index (κ1) is 32.6. The van der Waals surface area contributed by atoms with E-state index < -0.39 is 0 Å². The summed E-state index contributed by atoms with van der Waals surface area (Å²) in [6, 6.07) is 2.28. The van der Waals surface area contributed by atoms with E-state index in [1.165, 1.54) is 139 Å². The summed E-state index contributed by atoms with van der Waals surface area (Å²) in [5.41, 5.74) is 1.47. The molecule has 0 N–H and O–H groups in total. The van der Waals surface area contributed by atoms with E-state index in [-0.39, 0.29) is 0 Å². The van der Waals surface area contributed by atoms with Gasteiger partial charge in [0.15, 0.2) is 0 Å². The van der Waals surface area contributed by atoms with Gasteiger partial charge in [-0.3, -0.25) is 0 Å². The van der Waals surface area contributed by atoms with Crippen molar-refractivity contribution in [1.29, 1.82) is 0 Å². The van der Waals surface area contributed by atoms with Crippen molar-refractivity contribution < 1.29 is 9.47 Å². The normalized spacial score (nSPS) is 11.5. The van der Waals surface area contributed by atoms with Crippen LogP contribution in [0.1, 0.15) is 153 Å². The summed E-state index contributed by atoms with van der Waals surface area (Å²) in [6.07, 6.45) is 29.8. The highest BCUT2D eigenvalue weighted by molar-refractivity contribution is 7.10. The largest absolute Gasteiger partial charge is 0.381 e. The first-order chi connectivity index (χ1) is 17.4. The van der Waals surface area contributed by atoms with Gasteiger partial charge in [-0.2, -0.15) is 0 Å². The molecule has 0 spiro atoms. The molecule has 206 valence electrons. The maximum absolute atomic E-state index is 5.93. The van der Waals surface area contributed by atoms with Gasteiger partial charge in [0.05, 0.1) is 13.2 Å². The molecule has 0 unspecified atom stereocenters. The van der Waals surface area contributed by atoms with Crippen molar-refractivity contribution in [2.75, 3.05) is 26.4 Å². The highest BCUT2D eigenvalue weighted by Crippen LogP contribution is 2.19. The standard InChI is InChI=1S/C32H60O2S/c1-3-5-7-9-11-13-15-17-19-21-26-33-28-23-31-25-30-35-32(31)24-29-34-27-22-20-18-16-14-12-10-8-6-4-2/h25,30H,3-24,26-29H2,1-2H3.